The van der Waals surface area contributed by atoms with E-state index in [0.29, 0.717) is 5.82 Å². The molecule has 5 nitrogen and oxygen atoms in total. The Balaban J connectivity index is 1.05. The molecule has 4 heterocycles. The second-order valence-corrected chi connectivity index (χ2v) is 12.6. The number of pyridine rings is 3. The molecule has 4 aromatic heterocycles. The molecule has 0 aliphatic heterocycles. The lowest BCUT2D eigenvalue weighted by atomic mass is 9.97. The first kappa shape index (κ1) is 30.9. The molecule has 0 N–H and O–H groups in total. The molecule has 0 fully saturated rings. The average Bonchev–Trinajstić information content (AvgIpc) is 3.24. The number of hydrogen-bond acceptors (Lipinski definition) is 5. The van der Waals surface area contributed by atoms with Crippen LogP contribution in [0.15, 0.2) is 188 Å². The van der Waals surface area contributed by atoms with Crippen LogP contribution in [0.25, 0.3) is 89.7 Å². The van der Waals surface area contributed by atoms with Crippen molar-refractivity contribution >= 4 is 10.8 Å². The first-order valence-corrected chi connectivity index (χ1v) is 17.2. The van der Waals surface area contributed by atoms with E-state index in [0.717, 1.165) is 73.1 Å². The first-order chi connectivity index (χ1) is 25.7. The molecule has 0 aliphatic rings. The maximum absolute atomic E-state index is 5.05. The minimum absolute atomic E-state index is 0.699. The molecule has 0 saturated heterocycles. The summed E-state index contributed by atoms with van der Waals surface area (Å²) in [6.45, 7) is 0. The van der Waals surface area contributed by atoms with Crippen LogP contribution in [-0.4, -0.2) is 24.9 Å². The topological polar surface area (TPSA) is 64.5 Å². The van der Waals surface area contributed by atoms with Gasteiger partial charge in [0.15, 0.2) is 5.82 Å². The Hall–Kier alpha value is -7.11. The Morgan fingerprint density at radius 1 is 0.308 bits per heavy atom. The highest BCUT2D eigenvalue weighted by atomic mass is 14.9. The van der Waals surface area contributed by atoms with Gasteiger partial charge in [0.2, 0.25) is 0 Å². The molecule has 5 heteroatoms. The molecule has 0 bridgehead atoms. The van der Waals surface area contributed by atoms with Crippen molar-refractivity contribution in [3.8, 4) is 78.9 Å². The fourth-order valence-electron chi connectivity index (χ4n) is 6.56. The van der Waals surface area contributed by atoms with Gasteiger partial charge in [-0.05, 0) is 63.9 Å². The van der Waals surface area contributed by atoms with Crippen molar-refractivity contribution in [3.63, 3.8) is 0 Å². The monoisotopic (exact) mass is 665 g/mol. The zero-order chi connectivity index (χ0) is 34.7. The van der Waals surface area contributed by atoms with Crippen molar-refractivity contribution in [2.45, 2.75) is 0 Å². The van der Waals surface area contributed by atoms with Gasteiger partial charge in [0.05, 0.1) is 34.2 Å². The van der Waals surface area contributed by atoms with Gasteiger partial charge in [0.1, 0.15) is 0 Å². The van der Waals surface area contributed by atoms with Gasteiger partial charge in [-0.2, -0.15) is 0 Å². The Labute approximate surface area is 302 Å². The van der Waals surface area contributed by atoms with Crippen molar-refractivity contribution in [3.05, 3.63) is 188 Å². The lowest BCUT2D eigenvalue weighted by Gasteiger charge is -2.12. The molecular weight excluding hydrogens is 635 g/mol. The van der Waals surface area contributed by atoms with E-state index in [9.17, 15) is 0 Å². The summed E-state index contributed by atoms with van der Waals surface area (Å²) < 4.78 is 0. The Bertz CT molecular complexity index is 2580. The summed E-state index contributed by atoms with van der Waals surface area (Å²) in [7, 11) is 0. The van der Waals surface area contributed by atoms with E-state index < -0.39 is 0 Å². The zero-order valence-electron chi connectivity index (χ0n) is 28.1. The van der Waals surface area contributed by atoms with Crippen molar-refractivity contribution in [1.29, 1.82) is 0 Å². The number of rotatable bonds is 7. The van der Waals surface area contributed by atoms with Crippen LogP contribution in [0.5, 0.6) is 0 Å². The molecule has 0 unspecified atom stereocenters. The number of aromatic nitrogens is 5. The molecule has 0 amide bonds. The third kappa shape index (κ3) is 6.23. The summed E-state index contributed by atoms with van der Waals surface area (Å²) in [5.74, 6) is 0.699. The second-order valence-electron chi connectivity index (χ2n) is 12.6. The Kier molecular flexibility index (Phi) is 8.12. The van der Waals surface area contributed by atoms with Crippen LogP contribution >= 0.6 is 0 Å². The van der Waals surface area contributed by atoms with Crippen LogP contribution in [0, 0.1) is 0 Å². The molecule has 0 saturated carbocycles. The molecular formula is C47H31N5. The van der Waals surface area contributed by atoms with Gasteiger partial charge in [0, 0.05) is 34.6 Å². The van der Waals surface area contributed by atoms with Crippen molar-refractivity contribution < 1.29 is 0 Å². The van der Waals surface area contributed by atoms with Gasteiger partial charge < -0.3 is 0 Å². The standard InChI is InChI=1S/C47H31N5/c1-3-13-34(14-4-1)43-30-44(52-47(51-43)36-15-5-2-6-16-36)35-23-21-32(22-24-35)37-25-26-42(49-31-37)46-29-38(28-45(50-46)41-20-9-10-27-48-41)40-19-11-17-33-12-7-8-18-39(33)40/h1-31H. The molecule has 0 atom stereocenters. The summed E-state index contributed by atoms with van der Waals surface area (Å²) in [4.78, 5) is 24.5. The van der Waals surface area contributed by atoms with Gasteiger partial charge in [-0.1, -0.05) is 140 Å². The van der Waals surface area contributed by atoms with Crippen LogP contribution < -0.4 is 0 Å². The highest BCUT2D eigenvalue weighted by Gasteiger charge is 2.14. The normalized spacial score (nSPS) is 11.1. The third-order valence-corrected chi connectivity index (χ3v) is 9.22. The maximum Gasteiger partial charge on any atom is 0.160 e. The summed E-state index contributed by atoms with van der Waals surface area (Å²) >= 11 is 0. The quantitative estimate of drug-likeness (QED) is 0.169. The molecule has 9 aromatic rings. The lowest BCUT2D eigenvalue weighted by Crippen LogP contribution is -1.96. The number of fused-ring (bicyclic) bond motifs is 1. The summed E-state index contributed by atoms with van der Waals surface area (Å²) in [5.41, 5.74) is 12.3. The van der Waals surface area contributed by atoms with Crippen LogP contribution in [0.1, 0.15) is 0 Å². The predicted octanol–water partition coefficient (Wildman–Crippen LogP) is 11.5. The molecule has 52 heavy (non-hydrogen) atoms. The average molecular weight is 666 g/mol. The second kappa shape index (κ2) is 13.7. The largest absolute Gasteiger partial charge is 0.255 e. The number of benzene rings is 5. The SMILES string of the molecule is c1ccc(-c2cc(-c3ccc(-c4ccc(-c5cc(-c6cccc7ccccc67)cc(-c6ccccn6)n5)nc4)cc3)nc(-c3ccccc3)n2)cc1. The van der Waals surface area contributed by atoms with Gasteiger partial charge >= 0.3 is 0 Å². The maximum atomic E-state index is 5.05. The highest BCUT2D eigenvalue weighted by Crippen LogP contribution is 2.34. The predicted molar refractivity (Wildman–Crippen MR) is 211 cm³/mol. The molecule has 0 aliphatic carbocycles. The fourth-order valence-corrected chi connectivity index (χ4v) is 6.56. The molecule has 5 aromatic carbocycles. The third-order valence-electron chi connectivity index (χ3n) is 9.22. The van der Waals surface area contributed by atoms with E-state index in [1.54, 1.807) is 6.20 Å². The molecule has 0 radical (unpaired) electrons. The smallest absolute Gasteiger partial charge is 0.160 e. The van der Waals surface area contributed by atoms with E-state index in [1.807, 2.05) is 79.0 Å². The van der Waals surface area contributed by atoms with Crippen LogP contribution in [0.3, 0.4) is 0 Å². The number of nitrogens with zero attached hydrogens (tertiary/aromatic N) is 5. The molecule has 244 valence electrons. The van der Waals surface area contributed by atoms with Gasteiger partial charge in [0.25, 0.3) is 0 Å². The summed E-state index contributed by atoms with van der Waals surface area (Å²) in [6, 6.07) is 60.1. The minimum atomic E-state index is 0.699. The van der Waals surface area contributed by atoms with Crippen LogP contribution in [0.2, 0.25) is 0 Å². The minimum Gasteiger partial charge on any atom is -0.255 e. The highest BCUT2D eigenvalue weighted by molar-refractivity contribution is 5.97. The van der Waals surface area contributed by atoms with E-state index in [1.165, 1.54) is 10.8 Å². The molecule has 9 rings (SSSR count). The van der Waals surface area contributed by atoms with Crippen molar-refractivity contribution in [1.82, 2.24) is 24.9 Å². The summed E-state index contributed by atoms with van der Waals surface area (Å²) in [5, 5.41) is 2.38. The van der Waals surface area contributed by atoms with E-state index in [2.05, 4.69) is 108 Å². The van der Waals surface area contributed by atoms with E-state index in [4.69, 9.17) is 19.9 Å². The Morgan fingerprint density at radius 3 is 1.60 bits per heavy atom. The van der Waals surface area contributed by atoms with Crippen molar-refractivity contribution in [2.24, 2.45) is 0 Å². The Morgan fingerprint density at radius 2 is 0.904 bits per heavy atom. The number of hydrogen-bond donors (Lipinski definition) is 0. The van der Waals surface area contributed by atoms with Crippen molar-refractivity contribution in [2.75, 3.05) is 0 Å². The van der Waals surface area contributed by atoms with Gasteiger partial charge in [-0.25, -0.2) is 15.0 Å². The van der Waals surface area contributed by atoms with Gasteiger partial charge in [-0.3, -0.25) is 9.97 Å². The van der Waals surface area contributed by atoms with E-state index in [-0.39, 0.29) is 0 Å². The van der Waals surface area contributed by atoms with Gasteiger partial charge in [-0.15, -0.1) is 0 Å². The molecule has 0 spiro atoms. The van der Waals surface area contributed by atoms with Crippen LogP contribution in [-0.2, 0) is 0 Å². The first-order valence-electron chi connectivity index (χ1n) is 17.2. The van der Waals surface area contributed by atoms with E-state index >= 15 is 0 Å². The summed E-state index contributed by atoms with van der Waals surface area (Å²) in [6.07, 6.45) is 3.72. The fraction of sp³-hybridized carbons (Fsp3) is 0. The van der Waals surface area contributed by atoms with Crippen LogP contribution in [0.4, 0.5) is 0 Å². The lowest BCUT2D eigenvalue weighted by molar-refractivity contribution is 1.18. The zero-order valence-corrected chi connectivity index (χ0v) is 28.1.